The number of carbonyl (C=O) groups is 1. The molecule has 1 atom stereocenters. The summed E-state index contributed by atoms with van der Waals surface area (Å²) in [6.07, 6.45) is 1.62. The lowest BCUT2D eigenvalue weighted by Crippen LogP contribution is -2.46. The van der Waals surface area contributed by atoms with E-state index in [2.05, 4.69) is 32.0 Å². The van der Waals surface area contributed by atoms with E-state index in [0.717, 1.165) is 64.8 Å². The minimum Gasteiger partial charge on any atom is -0.353 e. The predicted molar refractivity (Wildman–Crippen MR) is 119 cm³/mol. The van der Waals surface area contributed by atoms with Crippen LogP contribution in [0, 0.1) is 6.92 Å². The lowest BCUT2D eigenvalue weighted by molar-refractivity contribution is 0.0943. The Kier molecular flexibility index (Phi) is 5.78. The minimum absolute atomic E-state index is 0.0522. The van der Waals surface area contributed by atoms with Crippen LogP contribution in [0.5, 0.6) is 0 Å². The summed E-state index contributed by atoms with van der Waals surface area (Å²) in [7, 11) is 0. The quantitative estimate of drug-likeness (QED) is 0.697. The number of anilines is 1. The van der Waals surface area contributed by atoms with E-state index in [1.54, 1.807) is 6.33 Å². The van der Waals surface area contributed by atoms with Gasteiger partial charge in [0, 0.05) is 26.2 Å². The van der Waals surface area contributed by atoms with E-state index in [1.807, 2.05) is 44.2 Å². The molecule has 0 bridgehead atoms. The van der Waals surface area contributed by atoms with E-state index in [4.69, 9.17) is 0 Å². The number of hydrogen-bond acceptors (Lipinski definition) is 6. The predicted octanol–water partition coefficient (Wildman–Crippen LogP) is 3.63. The smallest absolute Gasteiger partial charge is 0.262 e. The van der Waals surface area contributed by atoms with Crippen LogP contribution in [0.4, 0.5) is 5.82 Å². The van der Waals surface area contributed by atoms with Gasteiger partial charge in [0.05, 0.1) is 16.3 Å². The van der Waals surface area contributed by atoms with Crippen LogP contribution < -0.4 is 10.2 Å². The maximum Gasteiger partial charge on any atom is 0.262 e. The largest absolute Gasteiger partial charge is 0.353 e. The zero-order chi connectivity index (χ0) is 20.4. The normalized spacial score (nSPS) is 16.2. The molecular formula is C22H27N5OS. The van der Waals surface area contributed by atoms with Gasteiger partial charge < -0.3 is 15.1 Å². The zero-order valence-corrected chi connectivity index (χ0v) is 18.0. The molecule has 29 heavy (non-hydrogen) atoms. The zero-order valence-electron chi connectivity index (χ0n) is 17.2. The molecular weight excluding hydrogens is 382 g/mol. The number of nitrogens with one attached hydrogen (secondary N) is 1. The third kappa shape index (κ3) is 3.97. The Labute approximate surface area is 175 Å². The number of nitrogens with zero attached hydrogens (tertiary/aromatic N) is 4. The van der Waals surface area contributed by atoms with Crippen molar-refractivity contribution >= 4 is 33.3 Å². The van der Waals surface area contributed by atoms with Crippen LogP contribution in [0.3, 0.4) is 0 Å². The molecule has 152 valence electrons. The Morgan fingerprint density at radius 3 is 2.59 bits per heavy atom. The highest BCUT2D eigenvalue weighted by atomic mass is 32.1. The highest BCUT2D eigenvalue weighted by Crippen LogP contribution is 2.35. The first-order chi connectivity index (χ1) is 14.1. The van der Waals surface area contributed by atoms with Crippen molar-refractivity contribution in [3.05, 3.63) is 52.7 Å². The van der Waals surface area contributed by atoms with Crippen molar-refractivity contribution in [1.29, 1.82) is 0 Å². The summed E-state index contributed by atoms with van der Waals surface area (Å²) >= 11 is 1.45. The molecule has 2 aromatic heterocycles. The Bertz CT molecular complexity index is 995. The number of aromatic nitrogens is 2. The van der Waals surface area contributed by atoms with Crippen molar-refractivity contribution in [1.82, 2.24) is 20.2 Å². The molecule has 3 heterocycles. The van der Waals surface area contributed by atoms with Gasteiger partial charge >= 0.3 is 0 Å². The standard InChI is InChI=1S/C22H27N5OS/c1-4-26-10-12-27(13-11-26)20-18-15(2)19(29-22(18)24-14-23-20)21(28)25-16(3)17-8-6-5-7-9-17/h5-9,14,16H,4,10-13H2,1-3H3,(H,25,28). The summed E-state index contributed by atoms with van der Waals surface area (Å²) in [5.41, 5.74) is 2.06. The second kappa shape index (κ2) is 8.47. The van der Waals surface area contributed by atoms with Crippen molar-refractivity contribution in [2.24, 2.45) is 0 Å². The molecule has 1 amide bonds. The molecule has 4 rings (SSSR count). The van der Waals surface area contributed by atoms with E-state index in [1.165, 1.54) is 11.3 Å². The first-order valence-electron chi connectivity index (χ1n) is 10.2. The van der Waals surface area contributed by atoms with Gasteiger partial charge in [0.15, 0.2) is 0 Å². The van der Waals surface area contributed by atoms with Crippen molar-refractivity contribution in [2.75, 3.05) is 37.6 Å². The number of rotatable bonds is 5. The van der Waals surface area contributed by atoms with E-state index >= 15 is 0 Å². The fourth-order valence-electron chi connectivity index (χ4n) is 3.87. The fraction of sp³-hybridized carbons (Fsp3) is 0.409. The molecule has 1 aliphatic heterocycles. The van der Waals surface area contributed by atoms with Crippen LogP contribution in [0.2, 0.25) is 0 Å². The highest BCUT2D eigenvalue weighted by molar-refractivity contribution is 7.20. The summed E-state index contributed by atoms with van der Waals surface area (Å²) < 4.78 is 0. The highest BCUT2D eigenvalue weighted by Gasteiger charge is 2.24. The molecule has 0 saturated carbocycles. The number of aryl methyl sites for hydroxylation is 1. The van der Waals surface area contributed by atoms with Gasteiger partial charge in [-0.25, -0.2) is 9.97 Å². The maximum absolute atomic E-state index is 13.0. The molecule has 1 aromatic carbocycles. The molecule has 0 radical (unpaired) electrons. The second-order valence-corrected chi connectivity index (χ2v) is 8.46. The van der Waals surface area contributed by atoms with Crippen molar-refractivity contribution in [3.63, 3.8) is 0 Å². The number of benzene rings is 1. The van der Waals surface area contributed by atoms with Gasteiger partial charge in [-0.3, -0.25) is 4.79 Å². The van der Waals surface area contributed by atoms with Crippen LogP contribution >= 0.6 is 11.3 Å². The Balaban J connectivity index is 1.60. The molecule has 1 saturated heterocycles. The van der Waals surface area contributed by atoms with Gasteiger partial charge in [-0.05, 0) is 31.5 Å². The van der Waals surface area contributed by atoms with Gasteiger partial charge in [0.25, 0.3) is 5.91 Å². The van der Waals surface area contributed by atoms with E-state index in [0.29, 0.717) is 0 Å². The third-order valence-electron chi connectivity index (χ3n) is 5.68. The van der Waals surface area contributed by atoms with E-state index < -0.39 is 0 Å². The lowest BCUT2D eigenvalue weighted by Gasteiger charge is -2.35. The lowest BCUT2D eigenvalue weighted by atomic mass is 10.1. The topological polar surface area (TPSA) is 61.4 Å². The first kappa shape index (κ1) is 19.8. The van der Waals surface area contributed by atoms with Crippen molar-refractivity contribution in [3.8, 4) is 0 Å². The second-order valence-electron chi connectivity index (χ2n) is 7.46. The molecule has 1 unspecified atom stereocenters. The summed E-state index contributed by atoms with van der Waals surface area (Å²) in [6, 6.07) is 9.96. The summed E-state index contributed by atoms with van der Waals surface area (Å²) in [4.78, 5) is 28.4. The molecule has 3 aromatic rings. The van der Waals surface area contributed by atoms with Crippen molar-refractivity contribution < 1.29 is 4.79 Å². The number of hydrogen-bond donors (Lipinski definition) is 1. The summed E-state index contributed by atoms with van der Waals surface area (Å²) in [5.74, 6) is 0.901. The number of fused-ring (bicyclic) bond motifs is 1. The third-order valence-corrected chi connectivity index (χ3v) is 6.88. The summed E-state index contributed by atoms with van der Waals surface area (Å²) in [6.45, 7) is 11.3. The monoisotopic (exact) mass is 409 g/mol. The average molecular weight is 410 g/mol. The Morgan fingerprint density at radius 1 is 1.17 bits per heavy atom. The first-order valence-corrected chi connectivity index (χ1v) is 11.0. The minimum atomic E-state index is -0.0546. The summed E-state index contributed by atoms with van der Waals surface area (Å²) in [5, 5.41) is 4.14. The van der Waals surface area contributed by atoms with Crippen LogP contribution in [-0.4, -0.2) is 53.5 Å². The Morgan fingerprint density at radius 2 is 1.90 bits per heavy atom. The Hall–Kier alpha value is -2.51. The van der Waals surface area contributed by atoms with Crippen molar-refractivity contribution in [2.45, 2.75) is 26.8 Å². The number of carbonyl (C=O) groups excluding carboxylic acids is 1. The van der Waals surface area contributed by atoms with Gasteiger partial charge in [0.1, 0.15) is 17.0 Å². The van der Waals surface area contributed by atoms with Crippen LogP contribution in [0.1, 0.15) is 40.7 Å². The van der Waals surface area contributed by atoms with Crippen LogP contribution in [0.15, 0.2) is 36.7 Å². The van der Waals surface area contributed by atoms with Gasteiger partial charge in [-0.1, -0.05) is 37.3 Å². The molecule has 7 heteroatoms. The molecule has 1 aliphatic rings. The molecule has 6 nitrogen and oxygen atoms in total. The SMILES string of the molecule is CCN1CCN(c2ncnc3sc(C(=O)NC(C)c4ccccc4)c(C)c23)CC1. The van der Waals surface area contributed by atoms with Crippen LogP contribution in [0.25, 0.3) is 10.2 Å². The maximum atomic E-state index is 13.0. The van der Waals surface area contributed by atoms with Crippen LogP contribution in [-0.2, 0) is 0 Å². The molecule has 1 N–H and O–H groups in total. The van der Waals surface area contributed by atoms with Gasteiger partial charge in [0.2, 0.25) is 0 Å². The van der Waals surface area contributed by atoms with E-state index in [-0.39, 0.29) is 11.9 Å². The molecule has 0 spiro atoms. The van der Waals surface area contributed by atoms with Gasteiger partial charge in [-0.15, -0.1) is 11.3 Å². The van der Waals surface area contributed by atoms with E-state index in [9.17, 15) is 4.79 Å². The fourth-order valence-corrected chi connectivity index (χ4v) is 4.92. The molecule has 1 fully saturated rings. The van der Waals surface area contributed by atoms with Gasteiger partial charge in [-0.2, -0.15) is 0 Å². The number of piperazine rings is 1. The number of thiophene rings is 1. The average Bonchev–Trinajstić information content (AvgIpc) is 3.11. The molecule has 0 aliphatic carbocycles. The number of likely N-dealkylation sites (N-methyl/N-ethyl adjacent to an activating group) is 1. The number of amides is 1.